The molecule has 0 saturated heterocycles. The molecule has 30 heavy (non-hydrogen) atoms. The quantitative estimate of drug-likeness (QED) is 0.466. The van der Waals surface area contributed by atoms with Gasteiger partial charge in [0.25, 0.3) is 5.56 Å². The second-order valence-corrected chi connectivity index (χ2v) is 11.0. The van der Waals surface area contributed by atoms with Gasteiger partial charge in [-0.05, 0) is 78.6 Å². The molecule has 0 fully saturated rings. The van der Waals surface area contributed by atoms with Crippen LogP contribution < -0.4 is 10.9 Å². The molecule has 1 amide bonds. The van der Waals surface area contributed by atoms with Crippen LogP contribution in [0.5, 0.6) is 0 Å². The molecule has 0 radical (unpaired) electrons. The van der Waals surface area contributed by atoms with Gasteiger partial charge in [-0.15, -0.1) is 11.3 Å². The van der Waals surface area contributed by atoms with Gasteiger partial charge < -0.3 is 10.2 Å². The number of aromatic nitrogens is 2. The number of nitrogens with zero attached hydrogens (tertiary/aromatic N) is 3. The normalized spacial score (nSPS) is 14.3. The largest absolute Gasteiger partial charge is 0.351 e. The molecule has 0 atom stereocenters. The van der Waals surface area contributed by atoms with Gasteiger partial charge in [0.15, 0.2) is 5.16 Å². The molecule has 0 saturated carbocycles. The van der Waals surface area contributed by atoms with Crippen LogP contribution in [-0.2, 0) is 24.2 Å². The van der Waals surface area contributed by atoms with Gasteiger partial charge in [0, 0.05) is 17.0 Å². The van der Waals surface area contributed by atoms with Crippen molar-refractivity contribution < 1.29 is 4.79 Å². The van der Waals surface area contributed by atoms with Crippen molar-refractivity contribution >= 4 is 39.2 Å². The Bertz CT molecular complexity index is 962. The zero-order valence-corrected chi connectivity index (χ0v) is 20.5. The van der Waals surface area contributed by atoms with Gasteiger partial charge in [-0.2, -0.15) is 0 Å². The van der Waals surface area contributed by atoms with Crippen molar-refractivity contribution in [3.63, 3.8) is 0 Å². The van der Waals surface area contributed by atoms with Crippen molar-refractivity contribution in [3.05, 3.63) is 20.8 Å². The molecule has 3 rings (SSSR count). The number of carbonyl (C=O) groups excluding carboxylic acids is 1. The third-order valence-corrected chi connectivity index (χ3v) is 7.88. The van der Waals surface area contributed by atoms with Gasteiger partial charge >= 0.3 is 0 Å². The van der Waals surface area contributed by atoms with E-state index in [-0.39, 0.29) is 22.8 Å². The van der Waals surface area contributed by atoms with Crippen molar-refractivity contribution in [2.24, 2.45) is 0 Å². The Labute approximate surface area is 187 Å². The fourth-order valence-corrected chi connectivity index (χ4v) is 5.83. The van der Waals surface area contributed by atoms with Crippen LogP contribution in [0, 0.1) is 0 Å². The van der Waals surface area contributed by atoms with Gasteiger partial charge in [-0.3, -0.25) is 14.2 Å². The predicted molar refractivity (Wildman–Crippen MR) is 127 cm³/mol. The lowest BCUT2D eigenvalue weighted by molar-refractivity contribution is -0.120. The summed E-state index contributed by atoms with van der Waals surface area (Å²) in [6.45, 7) is 7.63. The third kappa shape index (κ3) is 5.45. The Kier molecular flexibility index (Phi) is 7.63. The number of hydrogen-bond donors (Lipinski definition) is 1. The first-order valence-corrected chi connectivity index (χ1v) is 12.7. The highest BCUT2D eigenvalue weighted by molar-refractivity contribution is 7.99. The highest BCUT2D eigenvalue weighted by atomic mass is 32.2. The molecule has 0 spiro atoms. The van der Waals surface area contributed by atoms with Crippen molar-refractivity contribution in [2.45, 2.75) is 76.5 Å². The van der Waals surface area contributed by atoms with Crippen LogP contribution >= 0.6 is 23.1 Å². The number of thioether (sulfide) groups is 1. The molecule has 2 aromatic rings. The van der Waals surface area contributed by atoms with Crippen molar-refractivity contribution in [1.29, 1.82) is 0 Å². The van der Waals surface area contributed by atoms with E-state index in [0.717, 1.165) is 48.9 Å². The average molecular weight is 451 g/mol. The maximum Gasteiger partial charge on any atom is 0.263 e. The van der Waals surface area contributed by atoms with Crippen LogP contribution in [0.25, 0.3) is 10.2 Å². The topological polar surface area (TPSA) is 67.2 Å². The van der Waals surface area contributed by atoms with Gasteiger partial charge in [-0.1, -0.05) is 18.7 Å². The highest BCUT2D eigenvalue weighted by Crippen LogP contribution is 2.34. The lowest BCUT2D eigenvalue weighted by atomic mass is 9.97. The second-order valence-electron chi connectivity index (χ2n) is 8.97. The van der Waals surface area contributed by atoms with E-state index in [1.54, 1.807) is 15.9 Å². The van der Waals surface area contributed by atoms with Crippen LogP contribution in [0.4, 0.5) is 0 Å². The van der Waals surface area contributed by atoms with E-state index in [9.17, 15) is 9.59 Å². The average Bonchev–Trinajstić information content (AvgIpc) is 3.06. The first kappa shape index (κ1) is 23.3. The summed E-state index contributed by atoms with van der Waals surface area (Å²) in [6.07, 6.45) is 6.09. The summed E-state index contributed by atoms with van der Waals surface area (Å²) in [5.74, 6) is 0.242. The monoisotopic (exact) mass is 450 g/mol. The lowest BCUT2D eigenvalue weighted by Gasteiger charge is -2.24. The Hall–Kier alpha value is -1.38. The van der Waals surface area contributed by atoms with E-state index in [2.05, 4.69) is 17.1 Å². The number of rotatable bonds is 9. The smallest absolute Gasteiger partial charge is 0.263 e. The molecule has 2 heterocycles. The van der Waals surface area contributed by atoms with Crippen LogP contribution in [-0.4, -0.2) is 52.3 Å². The number of fused-ring (bicyclic) bond motifs is 3. The minimum absolute atomic E-state index is 0.0217. The molecule has 1 aliphatic carbocycles. The van der Waals surface area contributed by atoms with Crippen molar-refractivity contribution in [1.82, 2.24) is 19.8 Å². The number of amides is 1. The Morgan fingerprint density at radius 2 is 2.03 bits per heavy atom. The third-order valence-electron chi connectivity index (χ3n) is 5.72. The van der Waals surface area contributed by atoms with E-state index in [1.165, 1.54) is 28.6 Å². The number of thiophene rings is 1. The second kappa shape index (κ2) is 9.83. The molecule has 8 heteroatoms. The van der Waals surface area contributed by atoms with Crippen molar-refractivity contribution in [3.8, 4) is 0 Å². The molecular formula is C22H34N4O2S2. The summed E-state index contributed by atoms with van der Waals surface area (Å²) in [7, 11) is 4.07. The van der Waals surface area contributed by atoms with Gasteiger partial charge in [0.2, 0.25) is 5.91 Å². The SMILES string of the molecule is CCC(C)(C)NC(=O)CSc1nc2sc3c(c2c(=O)n1CCCN(C)C)CCCC3. The van der Waals surface area contributed by atoms with E-state index >= 15 is 0 Å². The van der Waals surface area contributed by atoms with E-state index in [0.29, 0.717) is 11.7 Å². The minimum atomic E-state index is -0.229. The van der Waals surface area contributed by atoms with Crippen LogP contribution in [0.15, 0.2) is 9.95 Å². The molecule has 0 aromatic carbocycles. The molecule has 166 valence electrons. The summed E-state index contributed by atoms with van der Waals surface area (Å²) < 4.78 is 1.80. The zero-order valence-electron chi connectivity index (χ0n) is 18.8. The molecular weight excluding hydrogens is 416 g/mol. The lowest BCUT2D eigenvalue weighted by Crippen LogP contribution is -2.43. The van der Waals surface area contributed by atoms with E-state index in [1.807, 2.05) is 27.9 Å². The first-order chi connectivity index (χ1) is 14.2. The summed E-state index contributed by atoms with van der Waals surface area (Å²) in [5.41, 5.74) is 1.06. The minimum Gasteiger partial charge on any atom is -0.351 e. The van der Waals surface area contributed by atoms with Gasteiger partial charge in [0.1, 0.15) is 4.83 Å². The fraction of sp³-hybridized carbons (Fsp3) is 0.682. The van der Waals surface area contributed by atoms with Gasteiger partial charge in [0.05, 0.1) is 11.1 Å². The Morgan fingerprint density at radius 1 is 1.30 bits per heavy atom. The molecule has 0 aliphatic heterocycles. The van der Waals surface area contributed by atoms with E-state index in [4.69, 9.17) is 4.98 Å². The molecule has 1 aliphatic rings. The van der Waals surface area contributed by atoms with Crippen LogP contribution in [0.3, 0.4) is 0 Å². The molecule has 2 aromatic heterocycles. The standard InChI is InChI=1S/C22H34N4O2S2/c1-6-22(2,3)24-17(27)14-29-21-23-19-18(15-10-7-8-11-16(15)30-19)20(28)26(21)13-9-12-25(4)5/h6-14H2,1-5H3,(H,24,27). The molecule has 6 nitrogen and oxygen atoms in total. The summed E-state index contributed by atoms with van der Waals surface area (Å²) in [5, 5.41) is 4.55. The first-order valence-electron chi connectivity index (χ1n) is 10.9. The Balaban J connectivity index is 1.90. The molecule has 1 N–H and O–H groups in total. The molecule has 0 bridgehead atoms. The summed E-state index contributed by atoms with van der Waals surface area (Å²) in [6, 6.07) is 0. The number of aryl methyl sites for hydroxylation is 2. The number of hydrogen-bond acceptors (Lipinski definition) is 6. The molecule has 0 unspecified atom stereocenters. The number of carbonyl (C=O) groups is 1. The van der Waals surface area contributed by atoms with E-state index < -0.39 is 0 Å². The maximum atomic E-state index is 13.5. The highest BCUT2D eigenvalue weighted by Gasteiger charge is 2.23. The van der Waals surface area contributed by atoms with Crippen molar-refractivity contribution in [2.75, 3.05) is 26.4 Å². The van der Waals surface area contributed by atoms with Gasteiger partial charge in [-0.25, -0.2) is 4.98 Å². The summed E-state index contributed by atoms with van der Waals surface area (Å²) in [4.78, 5) is 35.1. The Morgan fingerprint density at radius 3 is 2.73 bits per heavy atom. The van der Waals surface area contributed by atoms with Crippen LogP contribution in [0.2, 0.25) is 0 Å². The fourth-order valence-electron chi connectivity index (χ4n) is 3.70. The predicted octanol–water partition coefficient (Wildman–Crippen LogP) is 3.69. The zero-order chi connectivity index (χ0) is 21.9. The number of nitrogens with one attached hydrogen (secondary N) is 1. The maximum absolute atomic E-state index is 13.5. The van der Waals surface area contributed by atoms with Crippen LogP contribution in [0.1, 0.15) is 56.9 Å². The summed E-state index contributed by atoms with van der Waals surface area (Å²) >= 11 is 3.04.